The molecule has 3 nitrogen and oxygen atoms in total. The summed E-state index contributed by atoms with van der Waals surface area (Å²) in [5.74, 6) is 0. The maximum Gasteiger partial charge on any atom is 0.0590 e. The lowest BCUT2D eigenvalue weighted by atomic mass is 9.87. The molecule has 2 heterocycles. The van der Waals surface area contributed by atoms with Gasteiger partial charge in [-0.25, -0.2) is 0 Å². The Labute approximate surface area is 109 Å². The fourth-order valence-corrected chi connectivity index (χ4v) is 2.92. The van der Waals surface area contributed by atoms with Crippen LogP contribution in [0.1, 0.15) is 12.8 Å². The van der Waals surface area contributed by atoms with Crippen LogP contribution in [-0.4, -0.2) is 25.3 Å². The van der Waals surface area contributed by atoms with Crippen LogP contribution in [0.2, 0.25) is 0 Å². The average Bonchev–Trinajstić information content (AvgIpc) is 2.31. The predicted molar refractivity (Wildman–Crippen MR) is 74.1 cm³/mol. The minimum absolute atomic E-state index is 0.206. The third-order valence-corrected chi connectivity index (χ3v) is 4.12. The van der Waals surface area contributed by atoms with Gasteiger partial charge in [0.1, 0.15) is 0 Å². The highest BCUT2D eigenvalue weighted by molar-refractivity contribution is 14.1. The molecule has 0 radical (unpaired) electrons. The Hall–Kier alpha value is -0.490. The van der Waals surface area contributed by atoms with Crippen LogP contribution >= 0.6 is 22.6 Å². The fraction of sp³-hybridized carbons (Fsp3) is 0.500. The molecule has 0 amide bonds. The van der Waals surface area contributed by atoms with Gasteiger partial charge < -0.3 is 15.4 Å². The summed E-state index contributed by atoms with van der Waals surface area (Å²) in [6, 6.07) is 6.50. The van der Waals surface area contributed by atoms with Crippen LogP contribution in [0, 0.1) is 3.57 Å². The van der Waals surface area contributed by atoms with E-state index >= 15 is 0 Å². The zero-order valence-corrected chi connectivity index (χ0v) is 11.2. The van der Waals surface area contributed by atoms with Gasteiger partial charge in [-0.2, -0.15) is 0 Å². The molecule has 0 aromatic heterocycles. The molecule has 1 spiro atoms. The molecule has 86 valence electrons. The lowest BCUT2D eigenvalue weighted by Gasteiger charge is -2.43. The first-order valence-electron chi connectivity index (χ1n) is 5.67. The summed E-state index contributed by atoms with van der Waals surface area (Å²) in [7, 11) is 0. The van der Waals surface area contributed by atoms with E-state index in [0.717, 1.165) is 32.6 Å². The van der Waals surface area contributed by atoms with E-state index in [0.29, 0.717) is 0 Å². The number of anilines is 2. The van der Waals surface area contributed by atoms with Gasteiger partial charge in [0.2, 0.25) is 0 Å². The van der Waals surface area contributed by atoms with Gasteiger partial charge in [0.15, 0.2) is 0 Å². The molecule has 0 bridgehead atoms. The average molecular weight is 330 g/mol. The van der Waals surface area contributed by atoms with E-state index in [2.05, 4.69) is 51.4 Å². The van der Waals surface area contributed by atoms with Gasteiger partial charge in [-0.05, 0) is 53.6 Å². The second-order valence-electron chi connectivity index (χ2n) is 4.56. The molecule has 1 fully saturated rings. The van der Waals surface area contributed by atoms with E-state index in [1.165, 1.54) is 14.9 Å². The van der Waals surface area contributed by atoms with Crippen molar-refractivity contribution in [1.29, 1.82) is 0 Å². The Balaban J connectivity index is 1.88. The van der Waals surface area contributed by atoms with E-state index in [-0.39, 0.29) is 5.54 Å². The molecule has 16 heavy (non-hydrogen) atoms. The normalized spacial score (nSPS) is 22.1. The highest BCUT2D eigenvalue weighted by Gasteiger charge is 2.35. The first-order chi connectivity index (χ1) is 7.77. The number of hydrogen-bond acceptors (Lipinski definition) is 3. The molecular formula is C12H15IN2O. The van der Waals surface area contributed by atoms with Gasteiger partial charge in [-0.3, -0.25) is 0 Å². The monoisotopic (exact) mass is 330 g/mol. The second-order valence-corrected chi connectivity index (χ2v) is 5.81. The SMILES string of the molecule is Ic1ccc2c(c1)NCC1(CCOCC1)N2. The first kappa shape index (κ1) is 10.7. The predicted octanol–water partition coefficient (Wildman–Crippen LogP) is 2.68. The highest BCUT2D eigenvalue weighted by Crippen LogP contribution is 2.35. The van der Waals surface area contributed by atoms with Crippen LogP contribution in [0.5, 0.6) is 0 Å². The Morgan fingerprint density at radius 1 is 1.19 bits per heavy atom. The minimum atomic E-state index is 0.206. The van der Waals surface area contributed by atoms with Crippen molar-refractivity contribution in [1.82, 2.24) is 0 Å². The topological polar surface area (TPSA) is 33.3 Å². The minimum Gasteiger partial charge on any atom is -0.381 e. The standard InChI is InChI=1S/C12H15IN2O/c13-9-1-2-10-11(7-9)14-8-12(15-10)3-5-16-6-4-12/h1-2,7,14-15H,3-6,8H2. The molecule has 1 aromatic rings. The molecule has 2 N–H and O–H groups in total. The van der Waals surface area contributed by atoms with Crippen LogP contribution in [0.15, 0.2) is 18.2 Å². The Morgan fingerprint density at radius 3 is 2.81 bits per heavy atom. The molecule has 3 rings (SSSR count). The smallest absolute Gasteiger partial charge is 0.0590 e. The third kappa shape index (κ3) is 1.88. The van der Waals surface area contributed by atoms with Crippen molar-refractivity contribution in [3.63, 3.8) is 0 Å². The molecule has 0 saturated carbocycles. The van der Waals surface area contributed by atoms with Gasteiger partial charge in [0, 0.05) is 23.3 Å². The van der Waals surface area contributed by atoms with E-state index in [1.807, 2.05) is 0 Å². The van der Waals surface area contributed by atoms with Crippen molar-refractivity contribution >= 4 is 34.0 Å². The summed E-state index contributed by atoms with van der Waals surface area (Å²) in [6.07, 6.45) is 2.18. The van der Waals surface area contributed by atoms with Gasteiger partial charge in [0.25, 0.3) is 0 Å². The number of halogens is 1. The van der Waals surface area contributed by atoms with Crippen LogP contribution < -0.4 is 10.6 Å². The van der Waals surface area contributed by atoms with E-state index in [4.69, 9.17) is 4.74 Å². The number of nitrogens with one attached hydrogen (secondary N) is 2. The largest absolute Gasteiger partial charge is 0.381 e. The maximum absolute atomic E-state index is 5.44. The maximum atomic E-state index is 5.44. The molecule has 0 unspecified atom stereocenters. The van der Waals surface area contributed by atoms with Crippen LogP contribution in [-0.2, 0) is 4.74 Å². The van der Waals surface area contributed by atoms with Crippen LogP contribution in [0.4, 0.5) is 11.4 Å². The summed E-state index contributed by atoms with van der Waals surface area (Å²) >= 11 is 2.34. The number of ether oxygens (including phenoxy) is 1. The van der Waals surface area contributed by atoms with Crippen molar-refractivity contribution in [2.75, 3.05) is 30.4 Å². The lowest BCUT2D eigenvalue weighted by Crippen LogP contribution is -2.51. The van der Waals surface area contributed by atoms with Crippen molar-refractivity contribution in [2.24, 2.45) is 0 Å². The van der Waals surface area contributed by atoms with E-state index in [1.54, 1.807) is 0 Å². The molecule has 1 saturated heterocycles. The summed E-state index contributed by atoms with van der Waals surface area (Å²) in [4.78, 5) is 0. The van der Waals surface area contributed by atoms with E-state index < -0.39 is 0 Å². The van der Waals surface area contributed by atoms with E-state index in [9.17, 15) is 0 Å². The molecule has 2 aliphatic heterocycles. The van der Waals surface area contributed by atoms with Crippen LogP contribution in [0.3, 0.4) is 0 Å². The van der Waals surface area contributed by atoms with Crippen molar-refractivity contribution in [2.45, 2.75) is 18.4 Å². The summed E-state index contributed by atoms with van der Waals surface area (Å²) in [6.45, 7) is 2.74. The Kier molecular flexibility index (Phi) is 2.71. The molecule has 2 aliphatic rings. The molecule has 1 aromatic carbocycles. The second kappa shape index (κ2) is 4.07. The number of benzene rings is 1. The number of rotatable bonds is 0. The highest BCUT2D eigenvalue weighted by atomic mass is 127. The Morgan fingerprint density at radius 2 is 2.00 bits per heavy atom. The lowest BCUT2D eigenvalue weighted by molar-refractivity contribution is 0.0635. The third-order valence-electron chi connectivity index (χ3n) is 3.45. The Bertz CT molecular complexity index is 402. The fourth-order valence-electron chi connectivity index (χ4n) is 2.43. The number of fused-ring (bicyclic) bond motifs is 1. The van der Waals surface area contributed by atoms with Gasteiger partial charge in [-0.1, -0.05) is 0 Å². The zero-order chi connectivity index (χ0) is 11.0. The van der Waals surface area contributed by atoms with Crippen molar-refractivity contribution in [3.8, 4) is 0 Å². The van der Waals surface area contributed by atoms with Gasteiger partial charge >= 0.3 is 0 Å². The molecular weight excluding hydrogens is 315 g/mol. The molecule has 4 heteroatoms. The molecule has 0 atom stereocenters. The summed E-state index contributed by atoms with van der Waals surface area (Å²) in [5, 5.41) is 7.23. The summed E-state index contributed by atoms with van der Waals surface area (Å²) < 4.78 is 6.71. The van der Waals surface area contributed by atoms with Crippen molar-refractivity contribution in [3.05, 3.63) is 21.8 Å². The number of hydrogen-bond donors (Lipinski definition) is 2. The first-order valence-corrected chi connectivity index (χ1v) is 6.75. The zero-order valence-electron chi connectivity index (χ0n) is 9.05. The van der Waals surface area contributed by atoms with Crippen molar-refractivity contribution < 1.29 is 4.74 Å². The van der Waals surface area contributed by atoms with Gasteiger partial charge in [-0.15, -0.1) is 0 Å². The molecule has 0 aliphatic carbocycles. The van der Waals surface area contributed by atoms with Crippen LogP contribution in [0.25, 0.3) is 0 Å². The van der Waals surface area contributed by atoms with Gasteiger partial charge in [0.05, 0.1) is 16.9 Å². The summed E-state index contributed by atoms with van der Waals surface area (Å²) in [5.41, 5.74) is 2.66. The quantitative estimate of drug-likeness (QED) is 0.718.